The fraction of sp³-hybridized carbons (Fsp3) is 0.636. The first-order valence-corrected chi connectivity index (χ1v) is 10.4. The number of hydrogen-bond acceptors (Lipinski definition) is 4. The van der Waals surface area contributed by atoms with Gasteiger partial charge < -0.3 is 21.1 Å². The average molecular weight is 386 g/mol. The molecule has 1 aromatic carbocycles. The van der Waals surface area contributed by atoms with E-state index in [1.54, 1.807) is 12.1 Å². The molecule has 28 heavy (non-hydrogen) atoms. The van der Waals surface area contributed by atoms with Crippen LogP contribution in [0.4, 0.5) is 11.4 Å². The Balaban J connectivity index is 1.36. The third-order valence-corrected chi connectivity index (χ3v) is 7.07. The van der Waals surface area contributed by atoms with Gasteiger partial charge in [0.05, 0.1) is 23.5 Å². The van der Waals surface area contributed by atoms with Gasteiger partial charge >= 0.3 is 0 Å². The molecule has 4 aliphatic rings. The summed E-state index contributed by atoms with van der Waals surface area (Å²) in [6.07, 6.45) is 6.35. The first-order chi connectivity index (χ1) is 13.3. The minimum Gasteiger partial charge on any atom is -0.390 e. The monoisotopic (exact) mass is 385 g/mol. The van der Waals surface area contributed by atoms with Gasteiger partial charge in [-0.3, -0.25) is 9.59 Å². The number of hydrogen-bond donors (Lipinski definition) is 4. The van der Waals surface area contributed by atoms with Crippen LogP contribution in [0.25, 0.3) is 0 Å². The predicted molar refractivity (Wildman–Crippen MR) is 109 cm³/mol. The third kappa shape index (κ3) is 3.80. The summed E-state index contributed by atoms with van der Waals surface area (Å²) >= 11 is 0. The number of rotatable bonds is 6. The van der Waals surface area contributed by atoms with Crippen molar-refractivity contribution < 1.29 is 14.7 Å². The normalized spacial score (nSPS) is 34.1. The average Bonchev–Trinajstić information content (AvgIpc) is 2.59. The lowest BCUT2D eigenvalue weighted by Crippen LogP contribution is -2.61. The van der Waals surface area contributed by atoms with Crippen molar-refractivity contribution in [1.82, 2.24) is 5.32 Å². The number of nitrogens with one attached hydrogen (secondary N) is 3. The molecule has 0 aliphatic heterocycles. The Labute approximate surface area is 166 Å². The molecule has 0 heterocycles. The maximum absolute atomic E-state index is 12.5. The van der Waals surface area contributed by atoms with Crippen LogP contribution >= 0.6 is 0 Å². The SMILES string of the molecule is CC(=O)Nc1ccccc1NC(=O)CN[C@H](C)C12C[C@H]3C[C@@H](CC(O)(C3)C1)C2. The third-order valence-electron chi connectivity index (χ3n) is 7.07. The zero-order valence-corrected chi connectivity index (χ0v) is 16.8. The standard InChI is InChI=1S/C22H31N3O3/c1-14(21-8-16-7-17(9-21)11-22(28,10-16)13-21)23-12-20(27)25-19-6-4-3-5-18(19)24-15(2)26/h3-6,14,16-17,23,28H,7-13H2,1-2H3,(H,24,26)(H,25,27)/t14-,16-,17-,21?,22?/m1/s1. The van der Waals surface area contributed by atoms with Crippen LogP contribution in [0.2, 0.25) is 0 Å². The molecular weight excluding hydrogens is 354 g/mol. The van der Waals surface area contributed by atoms with Gasteiger partial charge in [-0.05, 0) is 74.8 Å². The van der Waals surface area contributed by atoms with Crippen LogP contribution in [0.5, 0.6) is 0 Å². The fourth-order valence-corrected chi connectivity index (χ4v) is 6.34. The van der Waals surface area contributed by atoms with Crippen molar-refractivity contribution in [1.29, 1.82) is 0 Å². The Morgan fingerprint density at radius 2 is 1.71 bits per heavy atom. The molecule has 1 aromatic rings. The maximum Gasteiger partial charge on any atom is 0.238 e. The van der Waals surface area contributed by atoms with Crippen LogP contribution < -0.4 is 16.0 Å². The largest absolute Gasteiger partial charge is 0.390 e. The molecule has 6 heteroatoms. The zero-order chi connectivity index (χ0) is 19.9. The zero-order valence-electron chi connectivity index (χ0n) is 16.8. The highest BCUT2D eigenvalue weighted by molar-refractivity contribution is 5.99. The smallest absolute Gasteiger partial charge is 0.238 e. The quantitative estimate of drug-likeness (QED) is 0.606. The molecule has 0 radical (unpaired) electrons. The molecule has 0 spiro atoms. The van der Waals surface area contributed by atoms with Crippen LogP contribution in [0.1, 0.15) is 52.4 Å². The van der Waals surface area contributed by atoms with E-state index in [0.29, 0.717) is 23.2 Å². The van der Waals surface area contributed by atoms with Gasteiger partial charge in [-0.2, -0.15) is 0 Å². The van der Waals surface area contributed by atoms with Crippen molar-refractivity contribution in [3.63, 3.8) is 0 Å². The molecule has 0 saturated heterocycles. The molecule has 3 atom stereocenters. The van der Waals surface area contributed by atoms with Gasteiger partial charge in [0.2, 0.25) is 11.8 Å². The number of aliphatic hydroxyl groups is 1. The molecule has 0 unspecified atom stereocenters. The summed E-state index contributed by atoms with van der Waals surface area (Å²) in [6, 6.07) is 7.37. The van der Waals surface area contributed by atoms with E-state index in [1.807, 2.05) is 12.1 Å². The van der Waals surface area contributed by atoms with E-state index < -0.39 is 5.60 Å². The van der Waals surface area contributed by atoms with E-state index in [0.717, 1.165) is 32.1 Å². The highest BCUT2D eigenvalue weighted by Gasteiger charge is 2.58. The van der Waals surface area contributed by atoms with Crippen molar-refractivity contribution in [2.45, 2.75) is 64.0 Å². The van der Waals surface area contributed by atoms with E-state index in [4.69, 9.17) is 0 Å². The minimum absolute atomic E-state index is 0.104. The number of para-hydroxylation sites is 2. The second kappa shape index (κ2) is 7.16. The Morgan fingerprint density at radius 3 is 2.29 bits per heavy atom. The number of amides is 2. The first-order valence-electron chi connectivity index (χ1n) is 10.4. The highest BCUT2D eigenvalue weighted by atomic mass is 16.3. The summed E-state index contributed by atoms with van der Waals surface area (Å²) in [4.78, 5) is 23.9. The summed E-state index contributed by atoms with van der Waals surface area (Å²) in [5.74, 6) is 0.962. The second-order valence-electron chi connectivity index (χ2n) is 9.43. The molecule has 2 amide bonds. The molecule has 6 nitrogen and oxygen atoms in total. The Bertz CT molecular complexity index is 764. The molecule has 0 aromatic heterocycles. The number of benzene rings is 1. The molecule has 4 fully saturated rings. The molecule has 4 bridgehead atoms. The van der Waals surface area contributed by atoms with Gasteiger partial charge in [-0.1, -0.05) is 12.1 Å². The summed E-state index contributed by atoms with van der Waals surface area (Å²) in [5.41, 5.74) is 0.813. The van der Waals surface area contributed by atoms with E-state index in [2.05, 4.69) is 22.9 Å². The van der Waals surface area contributed by atoms with Gasteiger partial charge in [0.15, 0.2) is 0 Å². The number of carbonyl (C=O) groups excluding carboxylic acids is 2. The topological polar surface area (TPSA) is 90.5 Å². The van der Waals surface area contributed by atoms with Crippen LogP contribution in [-0.4, -0.2) is 35.1 Å². The lowest BCUT2D eigenvalue weighted by molar-refractivity contribution is -0.171. The minimum atomic E-state index is -0.487. The van der Waals surface area contributed by atoms with Crippen LogP contribution in [-0.2, 0) is 9.59 Å². The fourth-order valence-electron chi connectivity index (χ4n) is 6.34. The summed E-state index contributed by atoms with van der Waals surface area (Å²) in [5, 5.41) is 20.0. The molecule has 152 valence electrons. The van der Waals surface area contributed by atoms with E-state index in [1.165, 1.54) is 13.3 Å². The van der Waals surface area contributed by atoms with E-state index in [9.17, 15) is 14.7 Å². The van der Waals surface area contributed by atoms with Gasteiger partial charge in [0.25, 0.3) is 0 Å². The van der Waals surface area contributed by atoms with E-state index >= 15 is 0 Å². The lowest BCUT2D eigenvalue weighted by atomic mass is 9.46. The number of carbonyl (C=O) groups is 2. The van der Waals surface area contributed by atoms with Crippen molar-refractivity contribution in [3.05, 3.63) is 24.3 Å². The lowest BCUT2D eigenvalue weighted by Gasteiger charge is -2.62. The van der Waals surface area contributed by atoms with Crippen molar-refractivity contribution in [2.75, 3.05) is 17.2 Å². The van der Waals surface area contributed by atoms with Gasteiger partial charge in [-0.25, -0.2) is 0 Å². The summed E-state index contributed by atoms with van der Waals surface area (Å²) in [7, 11) is 0. The summed E-state index contributed by atoms with van der Waals surface area (Å²) in [6.45, 7) is 3.82. The molecular formula is C22H31N3O3. The Hall–Kier alpha value is -1.92. The van der Waals surface area contributed by atoms with Crippen LogP contribution in [0, 0.1) is 17.3 Å². The maximum atomic E-state index is 12.5. The predicted octanol–water partition coefficient (Wildman–Crippen LogP) is 2.89. The first kappa shape index (κ1) is 19.4. The molecule has 4 N–H and O–H groups in total. The van der Waals surface area contributed by atoms with Gasteiger partial charge in [0, 0.05) is 13.0 Å². The van der Waals surface area contributed by atoms with Crippen molar-refractivity contribution in [3.8, 4) is 0 Å². The van der Waals surface area contributed by atoms with Crippen LogP contribution in [0.15, 0.2) is 24.3 Å². The number of anilines is 2. The summed E-state index contributed by atoms with van der Waals surface area (Å²) < 4.78 is 0. The Kier molecular flexibility index (Phi) is 4.96. The molecule has 5 rings (SSSR count). The Morgan fingerprint density at radius 1 is 1.11 bits per heavy atom. The van der Waals surface area contributed by atoms with Crippen molar-refractivity contribution in [2.24, 2.45) is 17.3 Å². The van der Waals surface area contributed by atoms with Crippen molar-refractivity contribution >= 4 is 23.2 Å². The van der Waals surface area contributed by atoms with Crippen LogP contribution in [0.3, 0.4) is 0 Å². The van der Waals surface area contributed by atoms with Gasteiger partial charge in [0.1, 0.15) is 0 Å². The molecule has 4 aliphatic carbocycles. The molecule has 4 saturated carbocycles. The highest BCUT2D eigenvalue weighted by Crippen LogP contribution is 2.62. The second-order valence-corrected chi connectivity index (χ2v) is 9.43. The van der Waals surface area contributed by atoms with Gasteiger partial charge in [-0.15, -0.1) is 0 Å². The van der Waals surface area contributed by atoms with E-state index in [-0.39, 0.29) is 29.8 Å².